The van der Waals surface area contributed by atoms with Crippen LogP contribution in [0.15, 0.2) is 22.7 Å². The summed E-state index contributed by atoms with van der Waals surface area (Å²) in [6.45, 7) is 3.10. The molecule has 0 saturated heterocycles. The van der Waals surface area contributed by atoms with Crippen LogP contribution in [0.4, 0.5) is 5.69 Å². The van der Waals surface area contributed by atoms with Gasteiger partial charge in [-0.2, -0.15) is 17.0 Å². The Morgan fingerprint density at radius 2 is 2.33 bits per heavy atom. The van der Waals surface area contributed by atoms with Crippen LogP contribution >= 0.6 is 27.7 Å². The van der Waals surface area contributed by atoms with Gasteiger partial charge in [0.1, 0.15) is 0 Å². The molecule has 15 heavy (non-hydrogen) atoms. The maximum Gasteiger partial charge on any atom is 0.0992 e. The zero-order valence-electron chi connectivity index (χ0n) is 8.75. The molecule has 1 aromatic carbocycles. The first-order valence-corrected chi connectivity index (χ1v) is 6.71. The van der Waals surface area contributed by atoms with Gasteiger partial charge in [0, 0.05) is 22.0 Å². The lowest BCUT2D eigenvalue weighted by Gasteiger charge is -2.12. The van der Waals surface area contributed by atoms with Crippen LogP contribution in [0.1, 0.15) is 12.5 Å². The van der Waals surface area contributed by atoms with Crippen LogP contribution in [0.2, 0.25) is 0 Å². The molecule has 1 unspecified atom stereocenters. The van der Waals surface area contributed by atoms with Crippen molar-refractivity contribution in [3.05, 3.63) is 28.2 Å². The van der Waals surface area contributed by atoms with Crippen LogP contribution in [-0.2, 0) is 0 Å². The quantitative estimate of drug-likeness (QED) is 0.920. The molecule has 2 nitrogen and oxygen atoms in total. The molecule has 1 atom stereocenters. The van der Waals surface area contributed by atoms with E-state index in [1.165, 1.54) is 0 Å². The van der Waals surface area contributed by atoms with Crippen LogP contribution in [0.25, 0.3) is 0 Å². The van der Waals surface area contributed by atoms with Crippen molar-refractivity contribution in [1.82, 2.24) is 0 Å². The number of anilines is 1. The first kappa shape index (κ1) is 12.4. The first-order chi connectivity index (χ1) is 7.17. The third-order valence-electron chi connectivity index (χ3n) is 2.08. The molecule has 0 heterocycles. The molecule has 0 aliphatic carbocycles. The molecule has 0 aliphatic rings. The van der Waals surface area contributed by atoms with Crippen molar-refractivity contribution in [2.24, 2.45) is 0 Å². The molecule has 0 fully saturated rings. The normalized spacial score (nSPS) is 11.9. The Morgan fingerprint density at radius 1 is 1.60 bits per heavy atom. The Bertz CT molecular complexity index is 373. The molecule has 0 aromatic heterocycles. The van der Waals surface area contributed by atoms with E-state index >= 15 is 0 Å². The number of nitrogens with zero attached hydrogens (tertiary/aromatic N) is 1. The molecular weight excluding hydrogens is 272 g/mol. The van der Waals surface area contributed by atoms with Gasteiger partial charge in [0.2, 0.25) is 0 Å². The zero-order chi connectivity index (χ0) is 11.3. The van der Waals surface area contributed by atoms with E-state index in [0.29, 0.717) is 10.8 Å². The van der Waals surface area contributed by atoms with Gasteiger partial charge < -0.3 is 5.32 Å². The van der Waals surface area contributed by atoms with Gasteiger partial charge in [-0.1, -0.05) is 6.92 Å². The summed E-state index contributed by atoms with van der Waals surface area (Å²) in [7, 11) is 0. The van der Waals surface area contributed by atoms with E-state index in [4.69, 9.17) is 5.26 Å². The van der Waals surface area contributed by atoms with Crippen molar-refractivity contribution in [2.45, 2.75) is 12.2 Å². The summed E-state index contributed by atoms with van der Waals surface area (Å²) >= 11 is 5.27. The molecule has 1 rings (SSSR count). The summed E-state index contributed by atoms with van der Waals surface area (Å²) < 4.78 is 0.940. The Balaban J connectivity index is 2.67. The Kier molecular flexibility index (Phi) is 5.00. The number of hydrogen-bond acceptors (Lipinski definition) is 3. The lowest BCUT2D eigenvalue weighted by molar-refractivity contribution is 1.00. The topological polar surface area (TPSA) is 35.8 Å². The molecular formula is C11H13BrN2S. The summed E-state index contributed by atoms with van der Waals surface area (Å²) in [5.74, 6) is 0. The lowest BCUT2D eigenvalue weighted by atomic mass is 10.2. The van der Waals surface area contributed by atoms with Crippen molar-refractivity contribution >= 4 is 33.4 Å². The molecule has 0 saturated carbocycles. The third-order valence-corrected chi connectivity index (χ3v) is 3.71. The smallest absolute Gasteiger partial charge is 0.0992 e. The highest BCUT2D eigenvalue weighted by Gasteiger charge is 2.03. The predicted molar refractivity (Wildman–Crippen MR) is 70.3 cm³/mol. The van der Waals surface area contributed by atoms with E-state index in [2.05, 4.69) is 40.5 Å². The summed E-state index contributed by atoms with van der Waals surface area (Å²) in [6.07, 6.45) is 2.10. The maximum absolute atomic E-state index is 8.71. The van der Waals surface area contributed by atoms with Crippen molar-refractivity contribution in [3.8, 4) is 6.07 Å². The van der Waals surface area contributed by atoms with Gasteiger partial charge in [-0.15, -0.1) is 0 Å². The fourth-order valence-electron chi connectivity index (χ4n) is 1.07. The van der Waals surface area contributed by atoms with Crippen molar-refractivity contribution in [3.63, 3.8) is 0 Å². The average Bonchev–Trinajstić information content (AvgIpc) is 2.26. The lowest BCUT2D eigenvalue weighted by Crippen LogP contribution is -2.12. The van der Waals surface area contributed by atoms with Crippen LogP contribution in [0.3, 0.4) is 0 Å². The Hall–Kier alpha value is -0.660. The highest BCUT2D eigenvalue weighted by Crippen LogP contribution is 2.23. The standard InChI is InChI=1S/C11H13BrN2S/c1-8(15-2)7-14-11-4-3-9(6-13)5-10(11)12/h3-5,8,14H,7H2,1-2H3. The molecule has 1 N–H and O–H groups in total. The largest absolute Gasteiger partial charge is 0.383 e. The van der Waals surface area contributed by atoms with Gasteiger partial charge in [0.05, 0.1) is 11.6 Å². The van der Waals surface area contributed by atoms with E-state index in [-0.39, 0.29) is 0 Å². The second kappa shape index (κ2) is 6.04. The maximum atomic E-state index is 8.71. The minimum Gasteiger partial charge on any atom is -0.383 e. The summed E-state index contributed by atoms with van der Waals surface area (Å²) in [5.41, 5.74) is 1.71. The van der Waals surface area contributed by atoms with Crippen molar-refractivity contribution in [1.29, 1.82) is 5.26 Å². The fourth-order valence-corrected chi connectivity index (χ4v) is 1.83. The van der Waals surface area contributed by atoms with Gasteiger partial charge in [-0.3, -0.25) is 0 Å². The number of hydrogen-bond donors (Lipinski definition) is 1. The van der Waals surface area contributed by atoms with Crippen molar-refractivity contribution in [2.75, 3.05) is 18.1 Å². The van der Waals surface area contributed by atoms with Gasteiger partial charge in [0.15, 0.2) is 0 Å². The Labute approximate surface area is 103 Å². The number of nitriles is 1. The second-order valence-corrected chi connectivity index (χ2v) is 5.36. The molecule has 0 amide bonds. The van der Waals surface area contributed by atoms with E-state index in [9.17, 15) is 0 Å². The van der Waals surface area contributed by atoms with Gasteiger partial charge in [0.25, 0.3) is 0 Å². The first-order valence-electron chi connectivity index (χ1n) is 4.63. The summed E-state index contributed by atoms with van der Waals surface area (Å²) in [4.78, 5) is 0. The summed E-state index contributed by atoms with van der Waals surface area (Å²) in [6, 6.07) is 7.68. The van der Waals surface area contributed by atoms with Gasteiger partial charge in [-0.25, -0.2) is 0 Å². The molecule has 1 aromatic rings. The van der Waals surface area contributed by atoms with Crippen LogP contribution < -0.4 is 5.32 Å². The highest BCUT2D eigenvalue weighted by molar-refractivity contribution is 9.10. The monoisotopic (exact) mass is 284 g/mol. The van der Waals surface area contributed by atoms with Crippen LogP contribution in [0.5, 0.6) is 0 Å². The second-order valence-electron chi connectivity index (χ2n) is 3.23. The number of thioether (sulfide) groups is 1. The van der Waals surface area contributed by atoms with Crippen LogP contribution in [-0.4, -0.2) is 18.1 Å². The van der Waals surface area contributed by atoms with Crippen LogP contribution in [0, 0.1) is 11.3 Å². The predicted octanol–water partition coefficient (Wildman–Crippen LogP) is 3.48. The van der Waals surface area contributed by atoms with Gasteiger partial charge >= 0.3 is 0 Å². The van der Waals surface area contributed by atoms with E-state index in [1.807, 2.05) is 30.0 Å². The molecule has 80 valence electrons. The molecule has 0 bridgehead atoms. The fraction of sp³-hybridized carbons (Fsp3) is 0.364. The van der Waals surface area contributed by atoms with E-state index < -0.39 is 0 Å². The molecule has 0 spiro atoms. The third kappa shape index (κ3) is 3.77. The number of nitrogens with one attached hydrogen (secondary N) is 1. The van der Waals surface area contributed by atoms with E-state index in [0.717, 1.165) is 16.7 Å². The number of halogens is 1. The summed E-state index contributed by atoms with van der Waals surface area (Å²) in [5, 5.41) is 12.6. The average molecular weight is 285 g/mol. The number of rotatable bonds is 4. The van der Waals surface area contributed by atoms with E-state index in [1.54, 1.807) is 0 Å². The minimum absolute atomic E-state index is 0.576. The molecule has 0 radical (unpaired) electrons. The Morgan fingerprint density at radius 3 is 2.87 bits per heavy atom. The van der Waals surface area contributed by atoms with Gasteiger partial charge in [-0.05, 0) is 40.4 Å². The zero-order valence-corrected chi connectivity index (χ0v) is 11.2. The minimum atomic E-state index is 0.576. The highest BCUT2D eigenvalue weighted by atomic mass is 79.9. The molecule has 4 heteroatoms. The van der Waals surface area contributed by atoms with Crippen molar-refractivity contribution < 1.29 is 0 Å². The number of benzene rings is 1. The molecule has 0 aliphatic heterocycles. The SMILES string of the molecule is CSC(C)CNc1ccc(C#N)cc1Br.